The summed E-state index contributed by atoms with van der Waals surface area (Å²) in [5, 5.41) is 13.2. The Bertz CT molecular complexity index is 1260. The first-order chi connectivity index (χ1) is 15.6. The monoisotopic (exact) mass is 426 g/mol. The van der Waals surface area contributed by atoms with E-state index < -0.39 is 18.0 Å². The number of aliphatic carboxylic acids is 1. The van der Waals surface area contributed by atoms with Gasteiger partial charge in [0.25, 0.3) is 0 Å². The highest BCUT2D eigenvalue weighted by atomic mass is 16.5. The molecule has 3 N–H and O–H groups in total. The van der Waals surface area contributed by atoms with Crippen LogP contribution in [0.25, 0.3) is 22.0 Å². The molecule has 1 aliphatic rings. The van der Waals surface area contributed by atoms with Crippen LogP contribution in [-0.4, -0.2) is 35.3 Å². The molecule has 32 heavy (non-hydrogen) atoms. The summed E-state index contributed by atoms with van der Waals surface area (Å²) in [5.41, 5.74) is 6.05. The van der Waals surface area contributed by atoms with Gasteiger partial charge in [-0.15, -0.1) is 0 Å². The van der Waals surface area contributed by atoms with Crippen molar-refractivity contribution in [2.75, 3.05) is 13.2 Å². The van der Waals surface area contributed by atoms with Crippen LogP contribution in [0.1, 0.15) is 28.5 Å². The van der Waals surface area contributed by atoms with Crippen molar-refractivity contribution in [3.8, 4) is 11.1 Å². The molecule has 0 unspecified atom stereocenters. The molecule has 0 radical (unpaired) electrons. The minimum Gasteiger partial charge on any atom is -0.481 e. The van der Waals surface area contributed by atoms with Gasteiger partial charge in [0.15, 0.2) is 0 Å². The summed E-state index contributed by atoms with van der Waals surface area (Å²) in [6.45, 7) is 0.124. The number of nitrogens with one attached hydrogen (secondary N) is 2. The Morgan fingerprint density at radius 3 is 2.25 bits per heavy atom. The van der Waals surface area contributed by atoms with Crippen LogP contribution in [0.4, 0.5) is 4.79 Å². The third-order valence-corrected chi connectivity index (χ3v) is 6.09. The second-order valence-corrected chi connectivity index (χ2v) is 7.89. The highest BCUT2D eigenvalue weighted by Crippen LogP contribution is 2.44. The molecule has 6 heteroatoms. The van der Waals surface area contributed by atoms with E-state index in [1.807, 2.05) is 48.5 Å². The summed E-state index contributed by atoms with van der Waals surface area (Å²) in [6, 6.07) is 23.7. The fourth-order valence-corrected chi connectivity index (χ4v) is 4.55. The number of carboxylic acid groups (broad SMARTS) is 1. The van der Waals surface area contributed by atoms with Gasteiger partial charge in [0.1, 0.15) is 12.5 Å². The number of hydrogen-bond donors (Lipinski definition) is 3. The van der Waals surface area contributed by atoms with E-state index >= 15 is 0 Å². The quantitative estimate of drug-likeness (QED) is 0.410. The normalized spacial score (nSPS) is 13.4. The number of fused-ring (bicyclic) bond motifs is 4. The van der Waals surface area contributed by atoms with Gasteiger partial charge >= 0.3 is 12.1 Å². The average molecular weight is 426 g/mol. The first kappa shape index (κ1) is 19.9. The highest BCUT2D eigenvalue weighted by Gasteiger charge is 2.29. The third kappa shape index (κ3) is 3.50. The van der Waals surface area contributed by atoms with Crippen molar-refractivity contribution in [1.29, 1.82) is 0 Å². The Labute approximate surface area is 184 Å². The van der Waals surface area contributed by atoms with Crippen molar-refractivity contribution >= 4 is 23.0 Å². The molecule has 1 aromatic heterocycles. The van der Waals surface area contributed by atoms with Gasteiger partial charge < -0.3 is 20.1 Å². The number of benzene rings is 3. The topological polar surface area (TPSA) is 91.4 Å². The zero-order chi connectivity index (χ0) is 22.1. The number of H-pyrrole nitrogens is 1. The molecular weight excluding hydrogens is 404 g/mol. The maximum absolute atomic E-state index is 12.4. The van der Waals surface area contributed by atoms with Crippen LogP contribution in [0.15, 0.2) is 79.0 Å². The predicted octanol–water partition coefficient (Wildman–Crippen LogP) is 4.87. The lowest BCUT2D eigenvalue weighted by Crippen LogP contribution is -2.32. The Morgan fingerprint density at radius 1 is 0.938 bits per heavy atom. The molecule has 0 spiro atoms. The number of aromatic nitrogens is 1. The summed E-state index contributed by atoms with van der Waals surface area (Å²) in [4.78, 5) is 27.4. The fourth-order valence-electron chi connectivity index (χ4n) is 4.55. The first-order valence-electron chi connectivity index (χ1n) is 10.5. The number of para-hydroxylation sites is 1. The molecule has 160 valence electrons. The van der Waals surface area contributed by atoms with Crippen molar-refractivity contribution in [3.05, 3.63) is 95.7 Å². The van der Waals surface area contributed by atoms with E-state index in [1.165, 1.54) is 0 Å². The smallest absolute Gasteiger partial charge is 0.407 e. The second-order valence-electron chi connectivity index (χ2n) is 7.89. The first-order valence-corrected chi connectivity index (χ1v) is 10.5. The molecule has 6 nitrogen and oxygen atoms in total. The van der Waals surface area contributed by atoms with Crippen LogP contribution in [0.3, 0.4) is 0 Å². The number of hydrogen-bond acceptors (Lipinski definition) is 3. The van der Waals surface area contributed by atoms with Crippen molar-refractivity contribution in [3.63, 3.8) is 0 Å². The lowest BCUT2D eigenvalue weighted by molar-refractivity contribution is -0.138. The van der Waals surface area contributed by atoms with Gasteiger partial charge in [0, 0.05) is 29.6 Å². The number of amides is 1. The van der Waals surface area contributed by atoms with Crippen molar-refractivity contribution < 1.29 is 19.4 Å². The van der Waals surface area contributed by atoms with E-state index in [0.717, 1.165) is 33.2 Å². The van der Waals surface area contributed by atoms with Crippen molar-refractivity contribution in [2.24, 2.45) is 0 Å². The second kappa shape index (κ2) is 8.23. The highest BCUT2D eigenvalue weighted by molar-refractivity contribution is 5.89. The molecule has 0 saturated carbocycles. The summed E-state index contributed by atoms with van der Waals surface area (Å²) in [5.74, 6) is -1.93. The lowest BCUT2D eigenvalue weighted by Gasteiger charge is -2.16. The third-order valence-electron chi connectivity index (χ3n) is 6.09. The molecule has 1 aliphatic carbocycles. The zero-order valence-electron chi connectivity index (χ0n) is 17.2. The largest absolute Gasteiger partial charge is 0.481 e. The van der Waals surface area contributed by atoms with E-state index in [4.69, 9.17) is 4.74 Å². The zero-order valence-corrected chi connectivity index (χ0v) is 17.2. The van der Waals surface area contributed by atoms with Crippen LogP contribution in [0, 0.1) is 0 Å². The number of carboxylic acids is 1. The van der Waals surface area contributed by atoms with Crippen molar-refractivity contribution in [2.45, 2.75) is 11.8 Å². The number of carbonyl (C=O) groups is 2. The number of carbonyl (C=O) groups excluding carboxylic acids is 1. The van der Waals surface area contributed by atoms with Crippen LogP contribution >= 0.6 is 0 Å². The summed E-state index contributed by atoms with van der Waals surface area (Å²) >= 11 is 0. The van der Waals surface area contributed by atoms with Crippen LogP contribution < -0.4 is 5.32 Å². The molecule has 0 bridgehead atoms. The van der Waals surface area contributed by atoms with Gasteiger partial charge in [-0.1, -0.05) is 66.7 Å². The maximum Gasteiger partial charge on any atom is 0.407 e. The van der Waals surface area contributed by atoms with Crippen LogP contribution in [-0.2, 0) is 9.53 Å². The minimum atomic E-state index is -1.01. The van der Waals surface area contributed by atoms with Gasteiger partial charge in [-0.3, -0.25) is 4.79 Å². The van der Waals surface area contributed by atoms with Gasteiger partial charge in [-0.2, -0.15) is 0 Å². The summed E-state index contributed by atoms with van der Waals surface area (Å²) < 4.78 is 5.52. The molecule has 0 saturated heterocycles. The van der Waals surface area contributed by atoms with E-state index in [2.05, 4.69) is 34.6 Å². The fraction of sp³-hybridized carbons (Fsp3) is 0.154. The number of ether oxygens (including phenoxy) is 1. The summed E-state index contributed by atoms with van der Waals surface area (Å²) in [7, 11) is 0. The van der Waals surface area contributed by atoms with Gasteiger partial charge in [0.2, 0.25) is 0 Å². The Hall–Kier alpha value is -4.06. The summed E-state index contributed by atoms with van der Waals surface area (Å²) in [6.07, 6.45) is 1.06. The SMILES string of the molecule is O=C(NC[C@@H](C(=O)O)c1c[nH]c2ccccc12)OCC1c2ccccc2-c2ccccc21. The van der Waals surface area contributed by atoms with Gasteiger partial charge in [0.05, 0.1) is 0 Å². The average Bonchev–Trinajstić information content (AvgIpc) is 3.37. The molecule has 1 amide bonds. The van der Waals surface area contributed by atoms with Gasteiger partial charge in [-0.05, 0) is 33.9 Å². The van der Waals surface area contributed by atoms with E-state index in [0.29, 0.717) is 5.56 Å². The molecular formula is C26H22N2O4. The minimum absolute atomic E-state index is 0.0444. The standard InChI is InChI=1S/C26H22N2O4/c29-25(30)22(21-13-27-24-12-6-5-11-20(21)24)14-28-26(31)32-15-23-18-9-3-1-7-16(18)17-8-2-4-10-19(17)23/h1-13,22-23,27H,14-15H2,(H,28,31)(H,29,30)/t22-/m1/s1. The number of rotatable bonds is 6. The van der Waals surface area contributed by atoms with Crippen molar-refractivity contribution in [1.82, 2.24) is 10.3 Å². The molecule has 3 aromatic carbocycles. The Balaban J connectivity index is 1.27. The predicted molar refractivity (Wildman–Crippen MR) is 122 cm³/mol. The molecule has 0 aliphatic heterocycles. The van der Waals surface area contributed by atoms with E-state index in [-0.39, 0.29) is 19.1 Å². The van der Waals surface area contributed by atoms with E-state index in [9.17, 15) is 14.7 Å². The molecule has 4 aromatic rings. The maximum atomic E-state index is 12.4. The lowest BCUT2D eigenvalue weighted by atomic mass is 9.98. The molecule has 1 heterocycles. The Kier molecular flexibility index (Phi) is 5.11. The molecule has 1 atom stereocenters. The van der Waals surface area contributed by atoms with E-state index in [1.54, 1.807) is 6.20 Å². The number of aromatic amines is 1. The number of alkyl carbamates (subject to hydrolysis) is 1. The Morgan fingerprint density at radius 2 is 1.56 bits per heavy atom. The molecule has 5 rings (SSSR count). The van der Waals surface area contributed by atoms with Crippen LogP contribution in [0.2, 0.25) is 0 Å². The van der Waals surface area contributed by atoms with Crippen LogP contribution in [0.5, 0.6) is 0 Å². The van der Waals surface area contributed by atoms with Gasteiger partial charge in [-0.25, -0.2) is 4.79 Å². The molecule has 0 fully saturated rings.